The number of hydrogen-bond acceptors (Lipinski definition) is 5. The molecule has 7 nitrogen and oxygen atoms in total. The zero-order chi connectivity index (χ0) is 20.0. The first-order chi connectivity index (χ1) is 14.0. The van der Waals surface area contributed by atoms with Crippen LogP contribution < -0.4 is 10.6 Å². The second kappa shape index (κ2) is 7.22. The van der Waals surface area contributed by atoms with E-state index < -0.39 is 6.04 Å². The zero-order valence-corrected chi connectivity index (χ0v) is 16.7. The van der Waals surface area contributed by atoms with Crippen LogP contribution in [0, 0.1) is 5.41 Å². The van der Waals surface area contributed by atoms with E-state index in [1.807, 2.05) is 12.1 Å². The molecular weight excluding hydrogens is 368 g/mol. The number of imide groups is 1. The Morgan fingerprint density at radius 2 is 1.93 bits per heavy atom. The maximum atomic E-state index is 12.8. The highest BCUT2D eigenvalue weighted by atomic mass is 16.2. The minimum absolute atomic E-state index is 0.102. The smallest absolute Gasteiger partial charge is 0.255 e. The lowest BCUT2D eigenvalue weighted by atomic mass is 9.78. The molecule has 3 fully saturated rings. The highest BCUT2D eigenvalue weighted by Gasteiger charge is 2.39. The molecule has 154 valence electrons. The zero-order valence-electron chi connectivity index (χ0n) is 16.7. The molecular formula is C22H28N4O3. The number of benzene rings is 1. The first-order valence-electron chi connectivity index (χ1n) is 10.7. The van der Waals surface area contributed by atoms with E-state index in [1.165, 1.54) is 24.8 Å². The van der Waals surface area contributed by atoms with Crippen LogP contribution in [-0.2, 0) is 22.7 Å². The maximum Gasteiger partial charge on any atom is 0.255 e. The number of nitrogens with zero attached hydrogens (tertiary/aromatic N) is 2. The molecule has 0 bridgehead atoms. The number of carbonyl (C=O) groups excluding carboxylic acids is 3. The SMILES string of the molecule is O=C1CCC(N2Cc3cc(CN4CCC5(CCNC5)CC4)ccc3C2=O)C(=O)N1. The van der Waals surface area contributed by atoms with E-state index in [4.69, 9.17) is 0 Å². The van der Waals surface area contributed by atoms with E-state index in [1.54, 1.807) is 4.90 Å². The number of nitrogens with one attached hydrogen (secondary N) is 2. The third kappa shape index (κ3) is 3.46. The molecule has 3 saturated heterocycles. The predicted octanol–water partition coefficient (Wildman–Crippen LogP) is 1.02. The molecule has 2 N–H and O–H groups in total. The molecule has 1 spiro atoms. The van der Waals surface area contributed by atoms with Crippen LogP contribution in [0.25, 0.3) is 0 Å². The van der Waals surface area contributed by atoms with Crippen molar-refractivity contribution in [2.45, 2.75) is 51.2 Å². The summed E-state index contributed by atoms with van der Waals surface area (Å²) in [5.74, 6) is -0.713. The Kier molecular flexibility index (Phi) is 4.67. The van der Waals surface area contributed by atoms with Gasteiger partial charge in [-0.05, 0) is 67.9 Å². The number of rotatable bonds is 3. The molecule has 3 amide bonds. The summed E-state index contributed by atoms with van der Waals surface area (Å²) in [5.41, 5.74) is 3.42. The van der Waals surface area contributed by atoms with Crippen molar-refractivity contribution in [2.75, 3.05) is 26.2 Å². The predicted molar refractivity (Wildman–Crippen MR) is 107 cm³/mol. The van der Waals surface area contributed by atoms with Crippen LogP contribution >= 0.6 is 0 Å². The Balaban J connectivity index is 1.24. The minimum atomic E-state index is -0.547. The molecule has 29 heavy (non-hydrogen) atoms. The average Bonchev–Trinajstić information content (AvgIpc) is 3.29. The van der Waals surface area contributed by atoms with Crippen LogP contribution in [0.3, 0.4) is 0 Å². The van der Waals surface area contributed by atoms with Gasteiger partial charge >= 0.3 is 0 Å². The van der Waals surface area contributed by atoms with Crippen molar-refractivity contribution in [3.05, 3.63) is 34.9 Å². The number of amides is 3. The van der Waals surface area contributed by atoms with E-state index in [0.717, 1.165) is 38.3 Å². The third-order valence-electron chi connectivity index (χ3n) is 7.24. The molecule has 1 atom stereocenters. The molecule has 4 aliphatic heterocycles. The van der Waals surface area contributed by atoms with Gasteiger partial charge in [-0.1, -0.05) is 12.1 Å². The van der Waals surface area contributed by atoms with Crippen LogP contribution in [-0.4, -0.2) is 59.7 Å². The Morgan fingerprint density at radius 1 is 1.10 bits per heavy atom. The van der Waals surface area contributed by atoms with Gasteiger partial charge in [-0.3, -0.25) is 24.6 Å². The second-order valence-electron chi connectivity index (χ2n) is 9.09. The standard InChI is InChI=1S/C22H28N4O3/c27-19-4-3-18(20(28)24-19)26-13-16-11-15(1-2-17(16)21(26)29)12-25-9-6-22(7-10-25)5-8-23-14-22/h1-2,11,18,23H,3-10,12-14H2,(H,24,27,28). The number of likely N-dealkylation sites (tertiary alicyclic amines) is 1. The monoisotopic (exact) mass is 396 g/mol. The Hall–Kier alpha value is -2.25. The van der Waals surface area contributed by atoms with Crippen LogP contribution in [0.4, 0.5) is 0 Å². The fraction of sp³-hybridized carbons (Fsp3) is 0.591. The van der Waals surface area contributed by atoms with E-state index >= 15 is 0 Å². The van der Waals surface area contributed by atoms with Crippen molar-refractivity contribution >= 4 is 17.7 Å². The topological polar surface area (TPSA) is 81.8 Å². The molecule has 0 aromatic heterocycles. The molecule has 1 aromatic rings. The van der Waals surface area contributed by atoms with Crippen molar-refractivity contribution in [3.63, 3.8) is 0 Å². The average molecular weight is 396 g/mol. The van der Waals surface area contributed by atoms with E-state index in [-0.39, 0.29) is 24.1 Å². The molecule has 0 aliphatic carbocycles. The summed E-state index contributed by atoms with van der Waals surface area (Å²) in [4.78, 5) is 40.5. The summed E-state index contributed by atoms with van der Waals surface area (Å²) in [5, 5.41) is 5.87. The van der Waals surface area contributed by atoms with E-state index in [9.17, 15) is 14.4 Å². The number of piperidine rings is 2. The third-order valence-corrected chi connectivity index (χ3v) is 7.24. The van der Waals surface area contributed by atoms with Gasteiger partial charge in [0.15, 0.2) is 0 Å². The molecule has 1 aromatic carbocycles. The lowest BCUT2D eigenvalue weighted by Gasteiger charge is -2.39. The van der Waals surface area contributed by atoms with Crippen molar-refractivity contribution in [2.24, 2.45) is 5.41 Å². The van der Waals surface area contributed by atoms with Gasteiger partial charge in [0.2, 0.25) is 11.8 Å². The van der Waals surface area contributed by atoms with Gasteiger partial charge in [0.1, 0.15) is 6.04 Å². The summed E-state index contributed by atoms with van der Waals surface area (Å²) >= 11 is 0. The van der Waals surface area contributed by atoms with E-state index in [2.05, 4.69) is 21.6 Å². The molecule has 0 saturated carbocycles. The lowest BCUT2D eigenvalue weighted by Crippen LogP contribution is -2.52. The van der Waals surface area contributed by atoms with Crippen LogP contribution in [0.5, 0.6) is 0 Å². The second-order valence-corrected chi connectivity index (χ2v) is 9.09. The van der Waals surface area contributed by atoms with Crippen LogP contribution in [0.15, 0.2) is 18.2 Å². The minimum Gasteiger partial charge on any atom is -0.322 e. The fourth-order valence-electron chi connectivity index (χ4n) is 5.39. The molecule has 4 heterocycles. The van der Waals surface area contributed by atoms with Crippen LogP contribution in [0.1, 0.15) is 53.6 Å². The first kappa shape index (κ1) is 18.8. The normalized spacial score (nSPS) is 26.8. The molecule has 5 rings (SSSR count). The van der Waals surface area contributed by atoms with Crippen molar-refractivity contribution in [1.82, 2.24) is 20.4 Å². The van der Waals surface area contributed by atoms with Crippen molar-refractivity contribution in [3.8, 4) is 0 Å². The summed E-state index contributed by atoms with van der Waals surface area (Å²) in [6.45, 7) is 5.92. The summed E-state index contributed by atoms with van der Waals surface area (Å²) in [6.07, 6.45) is 4.51. The molecule has 7 heteroatoms. The Labute approximate surface area is 170 Å². The lowest BCUT2D eigenvalue weighted by molar-refractivity contribution is -0.136. The molecule has 4 aliphatic rings. The van der Waals surface area contributed by atoms with Gasteiger partial charge in [-0.15, -0.1) is 0 Å². The summed E-state index contributed by atoms with van der Waals surface area (Å²) in [6, 6.07) is 5.53. The highest BCUT2D eigenvalue weighted by Crippen LogP contribution is 2.37. The van der Waals surface area contributed by atoms with Gasteiger partial charge in [-0.2, -0.15) is 0 Å². The number of carbonyl (C=O) groups is 3. The molecule has 1 unspecified atom stereocenters. The summed E-state index contributed by atoms with van der Waals surface area (Å²) in [7, 11) is 0. The van der Waals surface area contributed by atoms with Crippen LogP contribution in [0.2, 0.25) is 0 Å². The van der Waals surface area contributed by atoms with Gasteiger partial charge < -0.3 is 10.2 Å². The van der Waals surface area contributed by atoms with Crippen molar-refractivity contribution in [1.29, 1.82) is 0 Å². The van der Waals surface area contributed by atoms with Gasteiger partial charge in [0.05, 0.1) is 0 Å². The van der Waals surface area contributed by atoms with Gasteiger partial charge in [0.25, 0.3) is 5.91 Å². The van der Waals surface area contributed by atoms with Crippen molar-refractivity contribution < 1.29 is 14.4 Å². The van der Waals surface area contributed by atoms with E-state index in [0.29, 0.717) is 23.9 Å². The molecule has 0 radical (unpaired) electrons. The number of hydrogen-bond donors (Lipinski definition) is 2. The fourth-order valence-corrected chi connectivity index (χ4v) is 5.39. The first-order valence-corrected chi connectivity index (χ1v) is 10.7. The Morgan fingerprint density at radius 3 is 2.66 bits per heavy atom. The summed E-state index contributed by atoms with van der Waals surface area (Å²) < 4.78 is 0. The maximum absolute atomic E-state index is 12.8. The highest BCUT2D eigenvalue weighted by molar-refractivity contribution is 6.05. The van der Waals surface area contributed by atoms with Gasteiger partial charge in [-0.25, -0.2) is 0 Å². The largest absolute Gasteiger partial charge is 0.322 e. The van der Waals surface area contributed by atoms with Gasteiger partial charge in [0, 0.05) is 31.6 Å². The Bertz CT molecular complexity index is 852. The number of fused-ring (bicyclic) bond motifs is 1. The quantitative estimate of drug-likeness (QED) is 0.746.